The van der Waals surface area contributed by atoms with Crippen LogP contribution in [0.15, 0.2) is 16.6 Å². The SMILES string of the molecule is COc1cc(F)cc(Br)c1C=O. The molecule has 1 aromatic rings. The molecule has 0 atom stereocenters. The van der Waals surface area contributed by atoms with Gasteiger partial charge in [0.1, 0.15) is 11.6 Å². The fourth-order valence-electron chi connectivity index (χ4n) is 0.844. The lowest BCUT2D eigenvalue weighted by atomic mass is 10.2. The van der Waals surface area contributed by atoms with Gasteiger partial charge in [-0.2, -0.15) is 0 Å². The molecule has 0 fully saturated rings. The maximum Gasteiger partial charge on any atom is 0.154 e. The zero-order chi connectivity index (χ0) is 9.14. The van der Waals surface area contributed by atoms with Crippen molar-refractivity contribution in [2.75, 3.05) is 7.11 Å². The molecule has 0 amide bonds. The van der Waals surface area contributed by atoms with Crippen molar-refractivity contribution in [2.45, 2.75) is 0 Å². The highest BCUT2D eigenvalue weighted by atomic mass is 79.9. The van der Waals surface area contributed by atoms with Crippen LogP contribution in [0.3, 0.4) is 0 Å². The summed E-state index contributed by atoms with van der Waals surface area (Å²) in [5, 5.41) is 0. The molecule has 4 heteroatoms. The van der Waals surface area contributed by atoms with E-state index in [9.17, 15) is 9.18 Å². The normalized spacial score (nSPS) is 9.58. The Morgan fingerprint density at radius 2 is 2.25 bits per heavy atom. The minimum Gasteiger partial charge on any atom is -0.496 e. The van der Waals surface area contributed by atoms with Crippen LogP contribution in [0.5, 0.6) is 5.75 Å². The standard InChI is InChI=1S/C8H6BrFO2/c1-12-8-3-5(10)2-7(9)6(8)4-11/h2-4H,1H3. The van der Waals surface area contributed by atoms with E-state index in [-0.39, 0.29) is 5.75 Å². The third-order valence-electron chi connectivity index (χ3n) is 1.39. The summed E-state index contributed by atoms with van der Waals surface area (Å²) >= 11 is 3.05. The van der Waals surface area contributed by atoms with E-state index >= 15 is 0 Å². The summed E-state index contributed by atoms with van der Waals surface area (Å²) in [6.07, 6.45) is 0.613. The lowest BCUT2D eigenvalue weighted by Gasteiger charge is -2.04. The molecule has 0 radical (unpaired) electrons. The van der Waals surface area contributed by atoms with Gasteiger partial charge >= 0.3 is 0 Å². The predicted molar refractivity (Wildman–Crippen MR) is 46.0 cm³/mol. The molecule has 2 nitrogen and oxygen atoms in total. The second kappa shape index (κ2) is 3.67. The van der Waals surface area contributed by atoms with Gasteiger partial charge in [0.05, 0.1) is 12.7 Å². The van der Waals surface area contributed by atoms with Crippen LogP contribution in [0.4, 0.5) is 4.39 Å². The Balaban J connectivity index is 3.33. The molecule has 0 bridgehead atoms. The molecule has 0 aliphatic heterocycles. The van der Waals surface area contributed by atoms with Crippen molar-refractivity contribution < 1.29 is 13.9 Å². The van der Waals surface area contributed by atoms with Crippen molar-refractivity contribution in [3.63, 3.8) is 0 Å². The Kier molecular flexibility index (Phi) is 2.81. The van der Waals surface area contributed by atoms with Gasteiger partial charge in [-0.25, -0.2) is 4.39 Å². The Morgan fingerprint density at radius 1 is 1.58 bits per heavy atom. The van der Waals surface area contributed by atoms with Crippen LogP contribution >= 0.6 is 15.9 Å². The number of carbonyl (C=O) groups is 1. The van der Waals surface area contributed by atoms with E-state index in [4.69, 9.17) is 4.74 Å². The molecule has 0 spiro atoms. The second-order valence-electron chi connectivity index (χ2n) is 2.12. The predicted octanol–water partition coefficient (Wildman–Crippen LogP) is 2.41. The number of halogens is 2. The number of benzene rings is 1. The van der Waals surface area contributed by atoms with Gasteiger partial charge in [0.25, 0.3) is 0 Å². The topological polar surface area (TPSA) is 26.3 Å². The van der Waals surface area contributed by atoms with Crippen molar-refractivity contribution in [1.29, 1.82) is 0 Å². The van der Waals surface area contributed by atoms with Crippen LogP contribution in [0.25, 0.3) is 0 Å². The molecule has 64 valence electrons. The van der Waals surface area contributed by atoms with E-state index in [1.54, 1.807) is 0 Å². The molecular formula is C8H6BrFO2. The number of rotatable bonds is 2. The summed E-state index contributed by atoms with van der Waals surface area (Å²) in [5.41, 5.74) is 0.318. The van der Waals surface area contributed by atoms with E-state index < -0.39 is 5.82 Å². The van der Waals surface area contributed by atoms with Gasteiger partial charge in [-0.1, -0.05) is 0 Å². The molecule has 0 N–H and O–H groups in total. The second-order valence-corrected chi connectivity index (χ2v) is 2.98. The summed E-state index contributed by atoms with van der Waals surface area (Å²) in [5.74, 6) is -0.207. The summed E-state index contributed by atoms with van der Waals surface area (Å²) in [6.45, 7) is 0. The quantitative estimate of drug-likeness (QED) is 0.733. The van der Waals surface area contributed by atoms with Gasteiger partial charge in [0, 0.05) is 10.5 Å². The lowest BCUT2D eigenvalue weighted by Crippen LogP contribution is -1.92. The highest BCUT2D eigenvalue weighted by molar-refractivity contribution is 9.10. The summed E-state index contributed by atoms with van der Waals surface area (Å²) in [4.78, 5) is 10.5. The number of methoxy groups -OCH3 is 1. The third-order valence-corrected chi connectivity index (χ3v) is 2.05. The van der Waals surface area contributed by atoms with Crippen LogP contribution in [0, 0.1) is 5.82 Å². The zero-order valence-electron chi connectivity index (χ0n) is 6.30. The van der Waals surface area contributed by atoms with E-state index in [1.807, 2.05) is 0 Å². The first-order chi connectivity index (χ1) is 5.69. The highest BCUT2D eigenvalue weighted by Gasteiger charge is 2.08. The number of aldehydes is 1. The van der Waals surface area contributed by atoms with E-state index in [0.717, 1.165) is 6.07 Å². The van der Waals surface area contributed by atoms with Crippen molar-refractivity contribution in [3.8, 4) is 5.75 Å². The van der Waals surface area contributed by atoms with E-state index in [2.05, 4.69) is 15.9 Å². The molecule has 0 aliphatic rings. The number of hydrogen-bond donors (Lipinski definition) is 0. The van der Waals surface area contributed by atoms with Gasteiger partial charge in [0.2, 0.25) is 0 Å². The maximum atomic E-state index is 12.7. The summed E-state index contributed by atoms with van der Waals surface area (Å²) < 4.78 is 17.9. The lowest BCUT2D eigenvalue weighted by molar-refractivity contribution is 0.112. The number of carbonyl (C=O) groups excluding carboxylic acids is 1. The molecule has 12 heavy (non-hydrogen) atoms. The first-order valence-electron chi connectivity index (χ1n) is 3.17. The molecule has 1 aromatic carbocycles. The monoisotopic (exact) mass is 232 g/mol. The molecular weight excluding hydrogens is 227 g/mol. The Bertz CT molecular complexity index is 312. The largest absolute Gasteiger partial charge is 0.496 e. The first kappa shape index (κ1) is 9.19. The molecule has 0 aliphatic carbocycles. The molecule has 1 rings (SSSR count). The minimum atomic E-state index is -0.440. The van der Waals surface area contributed by atoms with Crippen molar-refractivity contribution in [2.24, 2.45) is 0 Å². The maximum absolute atomic E-state index is 12.7. The van der Waals surface area contributed by atoms with Gasteiger partial charge in [-0.15, -0.1) is 0 Å². The molecule has 0 aromatic heterocycles. The van der Waals surface area contributed by atoms with Gasteiger partial charge < -0.3 is 4.74 Å². The number of ether oxygens (including phenoxy) is 1. The highest BCUT2D eigenvalue weighted by Crippen LogP contribution is 2.26. The molecule has 0 saturated carbocycles. The van der Waals surface area contributed by atoms with Crippen LogP contribution < -0.4 is 4.74 Å². The molecule has 0 unspecified atom stereocenters. The fourth-order valence-corrected chi connectivity index (χ4v) is 1.35. The summed E-state index contributed by atoms with van der Waals surface area (Å²) in [7, 11) is 1.38. The average Bonchev–Trinajstić information content (AvgIpc) is 2.03. The smallest absolute Gasteiger partial charge is 0.154 e. The minimum absolute atomic E-state index is 0.233. The third kappa shape index (κ3) is 1.64. The fraction of sp³-hybridized carbons (Fsp3) is 0.125. The first-order valence-corrected chi connectivity index (χ1v) is 3.96. The van der Waals surface area contributed by atoms with Crippen molar-refractivity contribution in [1.82, 2.24) is 0 Å². The van der Waals surface area contributed by atoms with E-state index in [0.29, 0.717) is 16.3 Å². The molecule has 0 saturated heterocycles. The summed E-state index contributed by atoms with van der Waals surface area (Å²) in [6, 6.07) is 2.38. The Labute approximate surface area is 77.5 Å². The Hall–Kier alpha value is -0.900. The average molecular weight is 233 g/mol. The van der Waals surface area contributed by atoms with Crippen molar-refractivity contribution in [3.05, 3.63) is 28.0 Å². The van der Waals surface area contributed by atoms with E-state index in [1.165, 1.54) is 13.2 Å². The molecule has 0 heterocycles. The van der Waals surface area contributed by atoms with Crippen molar-refractivity contribution >= 4 is 22.2 Å². The van der Waals surface area contributed by atoms with Crippen LogP contribution in [0.2, 0.25) is 0 Å². The van der Waals surface area contributed by atoms with Gasteiger partial charge in [-0.05, 0) is 22.0 Å². The number of hydrogen-bond acceptors (Lipinski definition) is 2. The van der Waals surface area contributed by atoms with Crippen LogP contribution in [-0.4, -0.2) is 13.4 Å². The van der Waals surface area contributed by atoms with Crippen LogP contribution in [0.1, 0.15) is 10.4 Å². The van der Waals surface area contributed by atoms with Gasteiger partial charge in [0.15, 0.2) is 6.29 Å². The zero-order valence-corrected chi connectivity index (χ0v) is 7.89. The van der Waals surface area contributed by atoms with Crippen LogP contribution in [-0.2, 0) is 0 Å². The Morgan fingerprint density at radius 3 is 2.75 bits per heavy atom. The van der Waals surface area contributed by atoms with Gasteiger partial charge in [-0.3, -0.25) is 4.79 Å².